The number of nitrogens with one attached hydrogen (secondary N) is 1. The Labute approximate surface area is 113 Å². The quantitative estimate of drug-likeness (QED) is 0.698. The minimum atomic E-state index is -0.945. The summed E-state index contributed by atoms with van der Waals surface area (Å²) in [5, 5.41) is 11.2. The van der Waals surface area contributed by atoms with Gasteiger partial charge in [0.25, 0.3) is 0 Å². The van der Waals surface area contributed by atoms with E-state index < -0.39 is 5.97 Å². The van der Waals surface area contributed by atoms with Crippen molar-refractivity contribution in [2.75, 3.05) is 25.0 Å². The van der Waals surface area contributed by atoms with Crippen molar-refractivity contribution in [3.05, 3.63) is 30.3 Å². The Kier molecular flexibility index (Phi) is 6.43. The van der Waals surface area contributed by atoms with Gasteiger partial charge in [0, 0.05) is 32.2 Å². The van der Waals surface area contributed by atoms with Crippen molar-refractivity contribution < 1.29 is 14.7 Å². The summed E-state index contributed by atoms with van der Waals surface area (Å²) in [4.78, 5) is 23.7. The molecule has 0 unspecified atom stereocenters. The van der Waals surface area contributed by atoms with E-state index in [1.54, 1.807) is 0 Å². The predicted octanol–water partition coefficient (Wildman–Crippen LogP) is 1.49. The van der Waals surface area contributed by atoms with Crippen LogP contribution in [0.2, 0.25) is 0 Å². The fourth-order valence-electron chi connectivity index (χ4n) is 1.66. The number of nitrogens with zero attached hydrogens (tertiary/aromatic N) is 1. The highest BCUT2D eigenvalue weighted by atomic mass is 16.4. The number of carbonyl (C=O) groups is 2. The second kappa shape index (κ2) is 8.13. The lowest BCUT2D eigenvalue weighted by atomic mass is 10.2. The molecule has 0 atom stereocenters. The van der Waals surface area contributed by atoms with Gasteiger partial charge in [0.1, 0.15) is 0 Å². The molecule has 1 aromatic carbocycles. The first-order valence-electron chi connectivity index (χ1n) is 6.34. The Bertz CT molecular complexity index is 406. The molecule has 2 N–H and O–H groups in total. The fraction of sp³-hybridized carbons (Fsp3) is 0.429. The first kappa shape index (κ1) is 15.0. The number of aliphatic carboxylic acids is 1. The Morgan fingerprint density at radius 1 is 1.21 bits per heavy atom. The van der Waals surface area contributed by atoms with Gasteiger partial charge in [0.05, 0.1) is 6.42 Å². The molecule has 5 heteroatoms. The molecule has 1 aromatic rings. The molecule has 104 valence electrons. The van der Waals surface area contributed by atoms with E-state index in [0.717, 1.165) is 18.7 Å². The van der Waals surface area contributed by atoms with Crippen LogP contribution < -0.4 is 10.2 Å². The number of rotatable bonds is 8. The number of carboxylic acids is 1. The Morgan fingerprint density at radius 3 is 2.53 bits per heavy atom. The first-order chi connectivity index (χ1) is 9.09. The van der Waals surface area contributed by atoms with Crippen molar-refractivity contribution >= 4 is 17.6 Å². The maximum Gasteiger partial charge on any atom is 0.303 e. The van der Waals surface area contributed by atoms with Crippen molar-refractivity contribution in [3.8, 4) is 0 Å². The van der Waals surface area contributed by atoms with Gasteiger partial charge in [-0.1, -0.05) is 18.2 Å². The summed E-state index contributed by atoms with van der Waals surface area (Å²) in [5.41, 5.74) is 1.14. The monoisotopic (exact) mass is 264 g/mol. The van der Waals surface area contributed by atoms with E-state index in [0.29, 0.717) is 6.54 Å². The lowest BCUT2D eigenvalue weighted by Gasteiger charge is -2.19. The minimum Gasteiger partial charge on any atom is -0.481 e. The van der Waals surface area contributed by atoms with Gasteiger partial charge in [0.15, 0.2) is 0 Å². The largest absolute Gasteiger partial charge is 0.481 e. The molecule has 1 amide bonds. The van der Waals surface area contributed by atoms with Crippen molar-refractivity contribution in [3.63, 3.8) is 0 Å². The summed E-state index contributed by atoms with van der Waals surface area (Å²) < 4.78 is 0. The van der Waals surface area contributed by atoms with Gasteiger partial charge in [-0.15, -0.1) is 0 Å². The second-order valence-corrected chi connectivity index (χ2v) is 4.35. The Hall–Kier alpha value is -2.04. The number of para-hydroxylation sites is 1. The maximum atomic E-state index is 11.3. The summed E-state index contributed by atoms with van der Waals surface area (Å²) >= 11 is 0. The molecule has 0 heterocycles. The molecule has 0 radical (unpaired) electrons. The molecule has 0 spiro atoms. The highest BCUT2D eigenvalue weighted by Crippen LogP contribution is 2.10. The standard InChI is InChI=1S/C14H20N2O3/c1-16(12-6-3-2-4-7-12)11-5-10-15-13(17)8-9-14(18)19/h2-4,6-7H,5,8-11H2,1H3,(H,15,17)(H,18,19). The zero-order chi connectivity index (χ0) is 14.1. The van der Waals surface area contributed by atoms with Gasteiger partial charge in [-0.05, 0) is 18.6 Å². The molecule has 0 aromatic heterocycles. The van der Waals surface area contributed by atoms with Crippen molar-refractivity contribution in [1.29, 1.82) is 0 Å². The molecular formula is C14H20N2O3. The highest BCUT2D eigenvalue weighted by Gasteiger charge is 2.05. The number of amides is 1. The van der Waals surface area contributed by atoms with Crippen molar-refractivity contribution in [2.45, 2.75) is 19.3 Å². The van der Waals surface area contributed by atoms with E-state index in [4.69, 9.17) is 5.11 Å². The Morgan fingerprint density at radius 2 is 1.89 bits per heavy atom. The van der Waals surface area contributed by atoms with Crippen LogP contribution in [0.4, 0.5) is 5.69 Å². The average Bonchev–Trinajstić information content (AvgIpc) is 2.42. The molecule has 1 rings (SSSR count). The van der Waals surface area contributed by atoms with Gasteiger partial charge in [-0.25, -0.2) is 0 Å². The van der Waals surface area contributed by atoms with Crippen LogP contribution in [0.15, 0.2) is 30.3 Å². The summed E-state index contributed by atoms with van der Waals surface area (Å²) in [6.07, 6.45) is 0.754. The van der Waals surface area contributed by atoms with E-state index >= 15 is 0 Å². The summed E-state index contributed by atoms with van der Waals surface area (Å²) in [6, 6.07) is 10.0. The number of hydrogen-bond donors (Lipinski definition) is 2. The van der Waals surface area contributed by atoms with E-state index in [1.807, 2.05) is 37.4 Å². The van der Waals surface area contributed by atoms with Gasteiger partial charge in [-0.3, -0.25) is 9.59 Å². The van der Waals surface area contributed by atoms with E-state index in [9.17, 15) is 9.59 Å². The summed E-state index contributed by atoms with van der Waals surface area (Å²) in [6.45, 7) is 1.40. The molecule has 0 saturated heterocycles. The molecule has 0 aliphatic rings. The highest BCUT2D eigenvalue weighted by molar-refractivity contribution is 5.80. The van der Waals surface area contributed by atoms with Crippen LogP contribution in [-0.2, 0) is 9.59 Å². The van der Waals surface area contributed by atoms with Gasteiger partial charge in [-0.2, -0.15) is 0 Å². The third-order valence-corrected chi connectivity index (χ3v) is 2.76. The molecule has 0 bridgehead atoms. The van der Waals surface area contributed by atoms with Crippen LogP contribution in [0.3, 0.4) is 0 Å². The Balaban J connectivity index is 2.14. The van der Waals surface area contributed by atoms with E-state index in [1.165, 1.54) is 0 Å². The van der Waals surface area contributed by atoms with Crippen LogP contribution in [0.5, 0.6) is 0 Å². The average molecular weight is 264 g/mol. The number of carbonyl (C=O) groups excluding carboxylic acids is 1. The SMILES string of the molecule is CN(CCCNC(=O)CCC(=O)O)c1ccccc1. The number of benzene rings is 1. The topological polar surface area (TPSA) is 69.6 Å². The zero-order valence-electron chi connectivity index (χ0n) is 11.1. The van der Waals surface area contributed by atoms with Crippen molar-refractivity contribution in [1.82, 2.24) is 5.32 Å². The minimum absolute atomic E-state index is 0.0455. The molecule has 0 fully saturated rings. The lowest BCUT2D eigenvalue weighted by Crippen LogP contribution is -2.28. The lowest BCUT2D eigenvalue weighted by molar-refractivity contribution is -0.138. The third-order valence-electron chi connectivity index (χ3n) is 2.76. The van der Waals surface area contributed by atoms with E-state index in [2.05, 4.69) is 10.2 Å². The summed E-state index contributed by atoms with van der Waals surface area (Å²) in [7, 11) is 2.00. The molecule has 5 nitrogen and oxygen atoms in total. The van der Waals surface area contributed by atoms with Crippen LogP contribution in [0.25, 0.3) is 0 Å². The molecule has 19 heavy (non-hydrogen) atoms. The molecule has 0 aliphatic carbocycles. The predicted molar refractivity (Wildman–Crippen MR) is 74.2 cm³/mol. The molecular weight excluding hydrogens is 244 g/mol. The van der Waals surface area contributed by atoms with Crippen LogP contribution >= 0.6 is 0 Å². The van der Waals surface area contributed by atoms with Gasteiger partial charge < -0.3 is 15.3 Å². The third kappa shape index (κ3) is 6.45. The van der Waals surface area contributed by atoms with Gasteiger partial charge >= 0.3 is 5.97 Å². The number of carboxylic acid groups (broad SMARTS) is 1. The number of hydrogen-bond acceptors (Lipinski definition) is 3. The maximum absolute atomic E-state index is 11.3. The zero-order valence-corrected chi connectivity index (χ0v) is 11.1. The second-order valence-electron chi connectivity index (χ2n) is 4.35. The fourth-order valence-corrected chi connectivity index (χ4v) is 1.66. The van der Waals surface area contributed by atoms with Crippen molar-refractivity contribution in [2.24, 2.45) is 0 Å². The van der Waals surface area contributed by atoms with Crippen LogP contribution in [-0.4, -0.2) is 37.1 Å². The van der Waals surface area contributed by atoms with Crippen LogP contribution in [0.1, 0.15) is 19.3 Å². The smallest absolute Gasteiger partial charge is 0.303 e. The molecule has 0 aliphatic heterocycles. The normalized spacial score (nSPS) is 9.95. The van der Waals surface area contributed by atoms with E-state index in [-0.39, 0.29) is 18.7 Å². The first-order valence-corrected chi connectivity index (χ1v) is 6.34. The van der Waals surface area contributed by atoms with Gasteiger partial charge in [0.2, 0.25) is 5.91 Å². The number of anilines is 1. The summed E-state index contributed by atoms with van der Waals surface area (Å²) in [5.74, 6) is -1.15. The van der Waals surface area contributed by atoms with Crippen LogP contribution in [0, 0.1) is 0 Å². The molecule has 0 saturated carbocycles.